The molecule has 1 aliphatic rings. The third-order valence-electron chi connectivity index (χ3n) is 3.99. The molecule has 0 aromatic heterocycles. The van der Waals surface area contributed by atoms with Crippen LogP contribution in [0.5, 0.6) is 0 Å². The second kappa shape index (κ2) is 5.74. The van der Waals surface area contributed by atoms with Gasteiger partial charge in [-0.2, -0.15) is 13.2 Å². The maximum atomic E-state index is 12.7. The van der Waals surface area contributed by atoms with E-state index < -0.39 is 17.3 Å². The van der Waals surface area contributed by atoms with Gasteiger partial charge in [0.1, 0.15) is 0 Å². The van der Waals surface area contributed by atoms with E-state index in [0.717, 1.165) is 25.3 Å². The minimum atomic E-state index is -4.31. The van der Waals surface area contributed by atoms with Gasteiger partial charge in [0.2, 0.25) is 0 Å². The predicted octanol–water partition coefficient (Wildman–Crippen LogP) is 3.53. The lowest BCUT2D eigenvalue weighted by molar-refractivity contribution is -0.137. The maximum Gasteiger partial charge on any atom is 0.416 e. The first kappa shape index (κ1) is 15.3. The lowest BCUT2D eigenvalue weighted by Gasteiger charge is -2.39. The molecule has 1 aromatic rings. The van der Waals surface area contributed by atoms with Crippen LogP contribution in [0.2, 0.25) is 0 Å². The summed E-state index contributed by atoms with van der Waals surface area (Å²) in [7, 11) is 0. The lowest BCUT2D eigenvalue weighted by Crippen LogP contribution is -2.50. The van der Waals surface area contributed by atoms with Crippen LogP contribution in [-0.2, 0) is 17.3 Å². The molecule has 20 heavy (non-hydrogen) atoms. The molecular formula is C15H20F3NO. The second-order valence-electron chi connectivity index (χ2n) is 5.63. The van der Waals surface area contributed by atoms with E-state index in [-0.39, 0.29) is 6.04 Å². The van der Waals surface area contributed by atoms with E-state index in [9.17, 15) is 13.2 Å². The Labute approximate surface area is 117 Å². The number of halogens is 3. The van der Waals surface area contributed by atoms with Crippen LogP contribution in [0.3, 0.4) is 0 Å². The van der Waals surface area contributed by atoms with Crippen molar-refractivity contribution in [2.45, 2.75) is 50.4 Å². The Balaban J connectivity index is 2.09. The largest absolute Gasteiger partial charge is 0.416 e. The van der Waals surface area contributed by atoms with E-state index in [0.29, 0.717) is 18.6 Å². The summed E-state index contributed by atoms with van der Waals surface area (Å²) in [6.45, 7) is 2.62. The summed E-state index contributed by atoms with van der Waals surface area (Å²) in [5, 5.41) is 0. The molecule has 1 saturated heterocycles. The molecule has 0 radical (unpaired) electrons. The Hall–Kier alpha value is -1.07. The zero-order valence-corrected chi connectivity index (χ0v) is 11.5. The number of hydrogen-bond acceptors (Lipinski definition) is 2. The normalized spacial score (nSPS) is 25.4. The molecule has 2 unspecified atom stereocenters. The molecule has 5 heteroatoms. The fourth-order valence-electron chi connectivity index (χ4n) is 2.59. The molecule has 0 bridgehead atoms. The summed E-state index contributed by atoms with van der Waals surface area (Å²) in [5.74, 6) is 0. The molecule has 0 saturated carbocycles. The van der Waals surface area contributed by atoms with Gasteiger partial charge in [-0.25, -0.2) is 0 Å². The van der Waals surface area contributed by atoms with Crippen LogP contribution in [0.25, 0.3) is 0 Å². The van der Waals surface area contributed by atoms with E-state index in [1.54, 1.807) is 6.07 Å². The minimum absolute atomic E-state index is 0.300. The van der Waals surface area contributed by atoms with E-state index in [1.165, 1.54) is 12.1 Å². The van der Waals surface area contributed by atoms with Gasteiger partial charge in [-0.15, -0.1) is 0 Å². The molecule has 2 nitrogen and oxygen atoms in total. The number of hydrogen-bond donors (Lipinski definition) is 1. The van der Waals surface area contributed by atoms with Crippen molar-refractivity contribution < 1.29 is 17.9 Å². The highest BCUT2D eigenvalue weighted by molar-refractivity contribution is 5.26. The second-order valence-corrected chi connectivity index (χ2v) is 5.63. The van der Waals surface area contributed by atoms with Gasteiger partial charge in [0, 0.05) is 12.6 Å². The Kier molecular flexibility index (Phi) is 4.39. The van der Waals surface area contributed by atoms with Crippen molar-refractivity contribution in [1.82, 2.24) is 0 Å². The highest BCUT2D eigenvalue weighted by atomic mass is 19.4. The molecule has 1 fully saturated rings. The number of nitrogens with two attached hydrogens (primary N) is 1. The Bertz CT molecular complexity index is 453. The quantitative estimate of drug-likeness (QED) is 0.923. The first-order valence-electron chi connectivity index (χ1n) is 6.87. The first-order chi connectivity index (χ1) is 9.31. The van der Waals surface area contributed by atoms with Gasteiger partial charge in [0.05, 0.1) is 11.2 Å². The van der Waals surface area contributed by atoms with E-state index in [1.807, 2.05) is 6.92 Å². The molecule has 0 aliphatic carbocycles. The lowest BCUT2D eigenvalue weighted by atomic mass is 9.85. The average molecular weight is 287 g/mol. The van der Waals surface area contributed by atoms with Crippen molar-refractivity contribution in [3.63, 3.8) is 0 Å². The fourth-order valence-corrected chi connectivity index (χ4v) is 2.59. The fraction of sp³-hybridized carbons (Fsp3) is 0.600. The number of ether oxygens (including phenoxy) is 1. The smallest absolute Gasteiger partial charge is 0.374 e. The highest BCUT2D eigenvalue weighted by Crippen LogP contribution is 2.31. The van der Waals surface area contributed by atoms with E-state index >= 15 is 0 Å². The van der Waals surface area contributed by atoms with Crippen LogP contribution < -0.4 is 5.73 Å². The van der Waals surface area contributed by atoms with Gasteiger partial charge in [0.25, 0.3) is 0 Å². The van der Waals surface area contributed by atoms with Gasteiger partial charge in [0.15, 0.2) is 0 Å². The Morgan fingerprint density at radius 2 is 2.10 bits per heavy atom. The van der Waals surface area contributed by atoms with Crippen LogP contribution in [0.1, 0.15) is 37.3 Å². The molecule has 2 N–H and O–H groups in total. The summed E-state index contributed by atoms with van der Waals surface area (Å²) in [6.07, 6.45) is -1.00. The molecule has 1 heterocycles. The summed E-state index contributed by atoms with van der Waals surface area (Å²) < 4.78 is 43.8. The highest BCUT2D eigenvalue weighted by Gasteiger charge is 2.35. The molecule has 0 amide bonds. The molecule has 1 aliphatic heterocycles. The maximum absolute atomic E-state index is 12.7. The standard InChI is InChI=1S/C15H20F3NO/c1-14(7-2-3-8-20-14)13(19)10-11-5-4-6-12(9-11)15(16,17)18/h4-6,9,13H,2-3,7-8,10,19H2,1H3. The molecule has 112 valence electrons. The number of rotatable bonds is 3. The minimum Gasteiger partial charge on any atom is -0.374 e. The summed E-state index contributed by atoms with van der Waals surface area (Å²) in [6, 6.07) is 5.06. The van der Waals surface area contributed by atoms with Gasteiger partial charge >= 0.3 is 6.18 Å². The van der Waals surface area contributed by atoms with Crippen LogP contribution in [0.4, 0.5) is 13.2 Å². The van der Waals surface area contributed by atoms with E-state index in [2.05, 4.69) is 0 Å². The predicted molar refractivity (Wildman–Crippen MR) is 71.3 cm³/mol. The average Bonchev–Trinajstić information content (AvgIpc) is 2.39. The van der Waals surface area contributed by atoms with Crippen LogP contribution in [-0.4, -0.2) is 18.2 Å². The summed E-state index contributed by atoms with van der Waals surface area (Å²) >= 11 is 0. The Morgan fingerprint density at radius 1 is 1.35 bits per heavy atom. The number of alkyl halides is 3. The third-order valence-corrected chi connectivity index (χ3v) is 3.99. The summed E-state index contributed by atoms with van der Waals surface area (Å²) in [5.41, 5.74) is 5.70. The zero-order chi connectivity index (χ0) is 14.8. The van der Waals surface area contributed by atoms with Crippen LogP contribution >= 0.6 is 0 Å². The van der Waals surface area contributed by atoms with Gasteiger partial charge < -0.3 is 10.5 Å². The topological polar surface area (TPSA) is 35.2 Å². The van der Waals surface area contributed by atoms with Crippen molar-refractivity contribution in [2.24, 2.45) is 5.73 Å². The molecule has 2 atom stereocenters. The van der Waals surface area contributed by atoms with Crippen molar-refractivity contribution in [3.05, 3.63) is 35.4 Å². The number of benzene rings is 1. The van der Waals surface area contributed by atoms with Crippen LogP contribution in [0, 0.1) is 0 Å². The monoisotopic (exact) mass is 287 g/mol. The van der Waals surface area contributed by atoms with Crippen molar-refractivity contribution in [2.75, 3.05) is 6.61 Å². The van der Waals surface area contributed by atoms with E-state index in [4.69, 9.17) is 10.5 Å². The van der Waals surface area contributed by atoms with Gasteiger partial charge in [-0.1, -0.05) is 18.2 Å². The molecule has 0 spiro atoms. The molecule has 2 rings (SSSR count). The Morgan fingerprint density at radius 3 is 2.70 bits per heavy atom. The zero-order valence-electron chi connectivity index (χ0n) is 11.5. The van der Waals surface area contributed by atoms with Gasteiger partial charge in [-0.05, 0) is 44.2 Å². The first-order valence-corrected chi connectivity index (χ1v) is 6.87. The van der Waals surface area contributed by atoms with Gasteiger partial charge in [-0.3, -0.25) is 0 Å². The van der Waals surface area contributed by atoms with Crippen molar-refractivity contribution in [3.8, 4) is 0 Å². The third kappa shape index (κ3) is 3.52. The van der Waals surface area contributed by atoms with Crippen LogP contribution in [0.15, 0.2) is 24.3 Å². The van der Waals surface area contributed by atoms with Crippen molar-refractivity contribution >= 4 is 0 Å². The summed E-state index contributed by atoms with van der Waals surface area (Å²) in [4.78, 5) is 0. The molecule has 1 aromatic carbocycles. The molecular weight excluding hydrogens is 267 g/mol. The SMILES string of the molecule is CC1(C(N)Cc2cccc(C(F)(F)F)c2)CCCCO1. The van der Waals surface area contributed by atoms with Crippen molar-refractivity contribution in [1.29, 1.82) is 0 Å².